The van der Waals surface area contributed by atoms with Gasteiger partial charge >= 0.3 is 0 Å². The Morgan fingerprint density at radius 1 is 1.23 bits per heavy atom. The van der Waals surface area contributed by atoms with Crippen LogP contribution in [0.3, 0.4) is 0 Å². The summed E-state index contributed by atoms with van der Waals surface area (Å²) in [6.07, 6.45) is 0. The van der Waals surface area contributed by atoms with Gasteiger partial charge in [0, 0.05) is 6.61 Å². The van der Waals surface area contributed by atoms with Gasteiger partial charge in [-0.05, 0) is 39.2 Å². The molecule has 0 radical (unpaired) electrons. The van der Waals surface area contributed by atoms with Crippen LogP contribution in [0.1, 0.15) is 6.92 Å². The average molecular weight is 222 g/mol. The summed E-state index contributed by atoms with van der Waals surface area (Å²) >= 11 is 0. The van der Waals surface area contributed by atoms with Crippen LogP contribution in [-0.2, 0) is 4.12 Å². The van der Waals surface area contributed by atoms with E-state index in [4.69, 9.17) is 9.22 Å². The molecule has 0 aromatic heterocycles. The van der Waals surface area contributed by atoms with E-state index >= 15 is 0 Å². The van der Waals surface area contributed by atoms with Crippen molar-refractivity contribution in [2.45, 2.75) is 44.9 Å². The number of hydrogen-bond donors (Lipinski definition) is 2. The summed E-state index contributed by atoms with van der Waals surface area (Å²) in [5.41, 5.74) is -0.349. The average Bonchev–Trinajstić information content (AvgIpc) is 1.83. The second-order valence-electron chi connectivity index (χ2n) is 4.61. The molecule has 3 nitrogen and oxygen atoms in total. The smallest absolute Gasteiger partial charge is 0.202 e. The summed E-state index contributed by atoms with van der Waals surface area (Å²) in [4.78, 5) is 0. The summed E-state index contributed by atoms with van der Waals surface area (Å²) in [6, 6.07) is 0.746. The quantitative estimate of drug-likeness (QED) is 0.690. The van der Waals surface area contributed by atoms with Crippen molar-refractivity contribution in [3.63, 3.8) is 0 Å². The second kappa shape index (κ2) is 4.70. The minimum Gasteiger partial charge on any atom is -0.454 e. The lowest BCUT2D eigenvalue weighted by Crippen LogP contribution is -2.51. The van der Waals surface area contributed by atoms with Crippen LogP contribution in [-0.4, -0.2) is 39.2 Å². The van der Waals surface area contributed by atoms with Crippen LogP contribution in [0.25, 0.3) is 0 Å². The van der Waals surface area contributed by atoms with Gasteiger partial charge in [0.1, 0.15) is 0 Å². The lowest BCUT2D eigenvalue weighted by atomic mass is 10.9. The molecule has 0 rings (SSSR count). The molecule has 0 aromatic rings. The summed E-state index contributed by atoms with van der Waals surface area (Å²) in [6.45, 7) is 10.2. The predicted octanol–water partition coefficient (Wildman–Crippen LogP) is 1.33. The van der Waals surface area contributed by atoms with Crippen molar-refractivity contribution in [2.75, 3.05) is 6.61 Å². The van der Waals surface area contributed by atoms with Crippen molar-refractivity contribution in [1.82, 2.24) is 0 Å². The fourth-order valence-electron chi connectivity index (χ4n) is 1.12. The van der Waals surface area contributed by atoms with E-state index in [2.05, 4.69) is 13.1 Å². The van der Waals surface area contributed by atoms with Crippen molar-refractivity contribution < 1.29 is 14.3 Å². The topological polar surface area (TPSA) is 49.7 Å². The molecule has 0 amide bonds. The molecule has 13 heavy (non-hydrogen) atoms. The molecule has 80 valence electrons. The first-order valence-electron chi connectivity index (χ1n) is 4.70. The molecule has 5 heteroatoms. The zero-order chi connectivity index (χ0) is 10.7. The first-order valence-corrected chi connectivity index (χ1v) is 10.8. The predicted molar refractivity (Wildman–Crippen MR) is 59.6 cm³/mol. The molecule has 1 atom stereocenters. The lowest BCUT2D eigenvalue weighted by molar-refractivity contribution is 0.241. The molecule has 0 aliphatic rings. The minimum absolute atomic E-state index is 0.184. The highest BCUT2D eigenvalue weighted by Gasteiger charge is 2.36. The highest BCUT2D eigenvalue weighted by Crippen LogP contribution is 2.20. The molecular weight excluding hydrogens is 200 g/mol. The fraction of sp³-hybridized carbons (Fsp3) is 1.00. The van der Waals surface area contributed by atoms with E-state index in [1.807, 2.05) is 13.1 Å². The summed E-state index contributed by atoms with van der Waals surface area (Å²) in [5, 5.41) is 18.4. The summed E-state index contributed by atoms with van der Waals surface area (Å²) < 4.78 is 5.99. The van der Waals surface area contributed by atoms with Gasteiger partial charge in [-0.3, -0.25) is 0 Å². The van der Waals surface area contributed by atoms with Crippen molar-refractivity contribution in [3.05, 3.63) is 0 Å². The standard InChI is InChI=1S/C8H22O3Si2/c1-8(10)13(4,5)11-12(2,3)7-6-9/h8-10H,6-7H2,1-5H3. The molecule has 0 aliphatic carbocycles. The van der Waals surface area contributed by atoms with Gasteiger partial charge in [0.2, 0.25) is 8.32 Å². The number of aliphatic hydroxyl groups is 2. The maximum atomic E-state index is 9.51. The third-order valence-corrected chi connectivity index (χ3v) is 10.0. The van der Waals surface area contributed by atoms with Crippen LogP contribution < -0.4 is 0 Å². The van der Waals surface area contributed by atoms with Crippen LogP contribution >= 0.6 is 0 Å². The summed E-state index contributed by atoms with van der Waals surface area (Å²) in [7, 11) is -3.70. The zero-order valence-corrected chi connectivity index (χ0v) is 11.3. The Hall–Kier alpha value is 0.314. The first-order chi connectivity index (χ1) is 5.71. The van der Waals surface area contributed by atoms with Gasteiger partial charge < -0.3 is 14.3 Å². The van der Waals surface area contributed by atoms with Crippen LogP contribution in [0, 0.1) is 0 Å². The van der Waals surface area contributed by atoms with Gasteiger partial charge in [-0.2, -0.15) is 0 Å². The van der Waals surface area contributed by atoms with Gasteiger partial charge in [0.05, 0.1) is 5.73 Å². The Balaban J connectivity index is 4.24. The molecule has 0 aliphatic heterocycles. The molecule has 0 aromatic carbocycles. The van der Waals surface area contributed by atoms with Crippen molar-refractivity contribution in [1.29, 1.82) is 0 Å². The third-order valence-electron chi connectivity index (χ3n) is 2.26. The van der Waals surface area contributed by atoms with Crippen molar-refractivity contribution in [2.24, 2.45) is 0 Å². The molecule has 0 heterocycles. The first kappa shape index (κ1) is 13.3. The van der Waals surface area contributed by atoms with E-state index in [1.165, 1.54) is 0 Å². The second-order valence-corrected chi connectivity index (χ2v) is 13.5. The Labute approximate surface area is 83.0 Å². The van der Waals surface area contributed by atoms with Crippen molar-refractivity contribution in [3.8, 4) is 0 Å². The largest absolute Gasteiger partial charge is 0.454 e. The monoisotopic (exact) mass is 222 g/mol. The van der Waals surface area contributed by atoms with Crippen molar-refractivity contribution >= 4 is 16.6 Å². The Bertz CT molecular complexity index is 157. The van der Waals surface area contributed by atoms with Gasteiger partial charge in [-0.25, -0.2) is 0 Å². The van der Waals surface area contributed by atoms with Gasteiger partial charge in [-0.1, -0.05) is 0 Å². The van der Waals surface area contributed by atoms with Gasteiger partial charge in [0.15, 0.2) is 8.32 Å². The normalized spacial score (nSPS) is 15.9. The molecule has 0 spiro atoms. The molecule has 0 saturated carbocycles. The van der Waals surface area contributed by atoms with E-state index in [1.54, 1.807) is 6.92 Å². The zero-order valence-electron chi connectivity index (χ0n) is 9.29. The summed E-state index contributed by atoms with van der Waals surface area (Å²) in [5.74, 6) is 0. The molecule has 0 fully saturated rings. The van der Waals surface area contributed by atoms with E-state index in [0.29, 0.717) is 0 Å². The van der Waals surface area contributed by atoms with E-state index < -0.39 is 16.6 Å². The SMILES string of the molecule is CC(O)[Si](C)(C)O[Si](C)(C)CCO. The van der Waals surface area contributed by atoms with Crippen LogP contribution in [0.2, 0.25) is 32.2 Å². The number of rotatable bonds is 5. The van der Waals surface area contributed by atoms with E-state index in [9.17, 15) is 5.11 Å². The number of aliphatic hydroxyl groups excluding tert-OH is 2. The molecule has 0 bridgehead atoms. The van der Waals surface area contributed by atoms with Gasteiger partial charge in [-0.15, -0.1) is 0 Å². The van der Waals surface area contributed by atoms with Crippen LogP contribution in [0.15, 0.2) is 0 Å². The fourth-order valence-corrected chi connectivity index (χ4v) is 8.44. The lowest BCUT2D eigenvalue weighted by Gasteiger charge is -2.35. The Kier molecular flexibility index (Phi) is 4.81. The molecule has 1 unspecified atom stereocenters. The van der Waals surface area contributed by atoms with E-state index in [0.717, 1.165) is 6.04 Å². The van der Waals surface area contributed by atoms with Crippen LogP contribution in [0.5, 0.6) is 0 Å². The molecule has 2 N–H and O–H groups in total. The third kappa shape index (κ3) is 4.92. The molecular formula is C8H22O3Si2. The minimum atomic E-state index is -1.95. The number of hydrogen-bond acceptors (Lipinski definition) is 3. The van der Waals surface area contributed by atoms with Gasteiger partial charge in [0.25, 0.3) is 0 Å². The van der Waals surface area contributed by atoms with E-state index in [-0.39, 0.29) is 12.3 Å². The molecule has 0 saturated heterocycles. The van der Waals surface area contributed by atoms with Crippen LogP contribution in [0.4, 0.5) is 0 Å². The highest BCUT2D eigenvalue weighted by molar-refractivity contribution is 6.85. The Morgan fingerprint density at radius 3 is 2.00 bits per heavy atom. The Morgan fingerprint density at radius 2 is 1.69 bits per heavy atom. The maximum Gasteiger partial charge on any atom is 0.202 e. The maximum absolute atomic E-state index is 9.51. The highest BCUT2D eigenvalue weighted by atomic mass is 28.4.